The summed E-state index contributed by atoms with van der Waals surface area (Å²) >= 11 is 0. The van der Waals surface area contributed by atoms with E-state index in [1.807, 2.05) is 27.4 Å². The van der Waals surface area contributed by atoms with Crippen molar-refractivity contribution in [1.29, 1.82) is 0 Å². The molecule has 0 bridgehead atoms. The summed E-state index contributed by atoms with van der Waals surface area (Å²) < 4.78 is 10.7. The van der Waals surface area contributed by atoms with E-state index in [4.69, 9.17) is 19.1 Å². The summed E-state index contributed by atoms with van der Waals surface area (Å²) in [5.74, 6) is 0. The molecule has 4 heteroatoms. The van der Waals surface area contributed by atoms with Gasteiger partial charge in [0.25, 0.3) is 0 Å². The lowest BCUT2D eigenvalue weighted by Gasteiger charge is -2.03. The zero-order valence-electron chi connectivity index (χ0n) is 9.03. The van der Waals surface area contributed by atoms with Gasteiger partial charge >= 0.3 is 0 Å². The van der Waals surface area contributed by atoms with E-state index in [0.717, 1.165) is 26.1 Å². The van der Waals surface area contributed by atoms with E-state index in [9.17, 15) is 0 Å². The van der Waals surface area contributed by atoms with Crippen molar-refractivity contribution in [3.05, 3.63) is 0 Å². The van der Waals surface area contributed by atoms with E-state index in [-0.39, 0.29) is 0 Å². The Bertz CT molecular complexity index is 96.7. The van der Waals surface area contributed by atoms with E-state index < -0.39 is 0 Å². The molecule has 0 unspecified atom stereocenters. The molecule has 2 aliphatic rings. The SMILES string of the molecule is C1C[C@H]2OCC[C@H]2O1.C=O.C=O.CC. The molecule has 0 amide bonds. The van der Waals surface area contributed by atoms with E-state index in [1.165, 1.54) is 0 Å². The maximum Gasteiger partial charge on any atom is 0.106 e. The number of hydrogen-bond acceptors (Lipinski definition) is 4. The van der Waals surface area contributed by atoms with Crippen LogP contribution >= 0.6 is 0 Å². The highest BCUT2D eigenvalue weighted by atomic mass is 16.6. The van der Waals surface area contributed by atoms with Crippen LogP contribution in [0.15, 0.2) is 0 Å². The zero-order valence-corrected chi connectivity index (χ0v) is 9.03. The van der Waals surface area contributed by atoms with Gasteiger partial charge in [0.05, 0.1) is 12.2 Å². The molecule has 0 aliphatic carbocycles. The molecule has 0 aromatic heterocycles. The van der Waals surface area contributed by atoms with Crippen molar-refractivity contribution in [3.63, 3.8) is 0 Å². The highest BCUT2D eigenvalue weighted by Crippen LogP contribution is 2.25. The van der Waals surface area contributed by atoms with Crippen LogP contribution < -0.4 is 0 Å². The van der Waals surface area contributed by atoms with Gasteiger partial charge < -0.3 is 19.1 Å². The molecule has 2 saturated heterocycles. The van der Waals surface area contributed by atoms with E-state index in [1.54, 1.807) is 0 Å². The van der Waals surface area contributed by atoms with E-state index in [2.05, 4.69) is 0 Å². The first-order valence-corrected chi connectivity index (χ1v) is 4.78. The van der Waals surface area contributed by atoms with Crippen LogP contribution in [0.2, 0.25) is 0 Å². The molecule has 0 radical (unpaired) electrons. The Hall–Kier alpha value is -0.740. The lowest BCUT2D eigenvalue weighted by Crippen LogP contribution is -2.13. The van der Waals surface area contributed by atoms with Crippen LogP contribution in [0.4, 0.5) is 0 Å². The normalized spacial score (nSPS) is 26.7. The monoisotopic (exact) mass is 204 g/mol. The van der Waals surface area contributed by atoms with Crippen LogP contribution in [0.25, 0.3) is 0 Å². The average Bonchev–Trinajstić information content (AvgIpc) is 2.89. The summed E-state index contributed by atoms with van der Waals surface area (Å²) in [6.45, 7) is 9.82. The van der Waals surface area contributed by atoms with Crippen LogP contribution in [-0.2, 0) is 19.1 Å². The molecule has 4 nitrogen and oxygen atoms in total. The third kappa shape index (κ3) is 5.09. The third-order valence-corrected chi connectivity index (χ3v) is 1.88. The van der Waals surface area contributed by atoms with Gasteiger partial charge in [0, 0.05) is 13.2 Å². The molecule has 2 heterocycles. The molecular weight excluding hydrogens is 184 g/mol. The second-order valence-corrected chi connectivity index (χ2v) is 2.40. The van der Waals surface area contributed by atoms with E-state index >= 15 is 0 Å². The van der Waals surface area contributed by atoms with Gasteiger partial charge in [-0.3, -0.25) is 0 Å². The quantitative estimate of drug-likeness (QED) is 0.595. The first kappa shape index (κ1) is 15.7. The third-order valence-electron chi connectivity index (χ3n) is 1.88. The highest BCUT2D eigenvalue weighted by molar-refractivity contribution is 5.11. The highest BCUT2D eigenvalue weighted by Gasteiger charge is 2.33. The fourth-order valence-corrected chi connectivity index (χ4v) is 1.42. The minimum absolute atomic E-state index is 0.454. The fraction of sp³-hybridized carbons (Fsp3) is 0.800. The van der Waals surface area contributed by atoms with Gasteiger partial charge in [-0.25, -0.2) is 0 Å². The molecule has 2 atom stereocenters. The van der Waals surface area contributed by atoms with E-state index in [0.29, 0.717) is 12.2 Å². The molecule has 84 valence electrons. The van der Waals surface area contributed by atoms with Crippen LogP contribution in [0, 0.1) is 0 Å². The summed E-state index contributed by atoms with van der Waals surface area (Å²) in [4.78, 5) is 16.0. The molecule has 0 aromatic carbocycles. The second-order valence-electron chi connectivity index (χ2n) is 2.40. The molecule has 0 saturated carbocycles. The largest absolute Gasteiger partial charge is 0.375 e. The average molecular weight is 204 g/mol. The predicted octanol–water partition coefficient (Wildman–Crippen LogP) is 1.22. The Labute approximate surface area is 85.6 Å². The Morgan fingerprint density at radius 2 is 1.14 bits per heavy atom. The summed E-state index contributed by atoms with van der Waals surface area (Å²) in [7, 11) is 0. The lowest BCUT2D eigenvalue weighted by atomic mass is 10.2. The van der Waals surface area contributed by atoms with Gasteiger partial charge in [0.15, 0.2) is 0 Å². The van der Waals surface area contributed by atoms with Gasteiger partial charge in [0.2, 0.25) is 0 Å². The fourth-order valence-electron chi connectivity index (χ4n) is 1.42. The number of rotatable bonds is 0. The summed E-state index contributed by atoms with van der Waals surface area (Å²) in [5.41, 5.74) is 0. The number of carbonyl (C=O) groups is 2. The minimum atomic E-state index is 0.454. The Balaban J connectivity index is 0. The molecule has 0 spiro atoms. The van der Waals surface area contributed by atoms with Gasteiger partial charge in [-0.1, -0.05) is 13.8 Å². The summed E-state index contributed by atoms with van der Waals surface area (Å²) in [6, 6.07) is 0. The minimum Gasteiger partial charge on any atom is -0.375 e. The first-order chi connectivity index (χ1) is 6.97. The van der Waals surface area contributed by atoms with Crippen LogP contribution in [-0.4, -0.2) is 39.0 Å². The van der Waals surface area contributed by atoms with Crippen LogP contribution in [0.1, 0.15) is 26.7 Å². The molecule has 14 heavy (non-hydrogen) atoms. The number of hydrogen-bond donors (Lipinski definition) is 0. The van der Waals surface area contributed by atoms with Gasteiger partial charge in [-0.05, 0) is 12.8 Å². The number of fused-ring (bicyclic) bond motifs is 1. The van der Waals surface area contributed by atoms with Gasteiger partial charge in [0.1, 0.15) is 13.6 Å². The van der Waals surface area contributed by atoms with Crippen LogP contribution in [0.3, 0.4) is 0 Å². The van der Waals surface area contributed by atoms with Crippen LogP contribution in [0.5, 0.6) is 0 Å². The molecular formula is C10H20O4. The smallest absolute Gasteiger partial charge is 0.106 e. The first-order valence-electron chi connectivity index (χ1n) is 4.78. The lowest BCUT2D eigenvalue weighted by molar-refractivity contribution is -0.0987. The summed E-state index contributed by atoms with van der Waals surface area (Å²) in [6.07, 6.45) is 3.14. The molecule has 0 aromatic rings. The second kappa shape index (κ2) is 12.3. The Morgan fingerprint density at radius 1 is 0.857 bits per heavy atom. The Kier molecular flexibility index (Phi) is 13.8. The topological polar surface area (TPSA) is 52.6 Å². The zero-order chi connectivity index (χ0) is 11.4. The van der Waals surface area contributed by atoms with Crippen molar-refractivity contribution in [2.75, 3.05) is 13.2 Å². The van der Waals surface area contributed by atoms with Crippen molar-refractivity contribution in [1.82, 2.24) is 0 Å². The van der Waals surface area contributed by atoms with Crippen molar-refractivity contribution in [3.8, 4) is 0 Å². The van der Waals surface area contributed by atoms with Gasteiger partial charge in [-0.15, -0.1) is 0 Å². The standard InChI is InChI=1S/C6H10O2.C2H6.2CH2O/c1-3-7-6-2-4-8-5(1)6;3*1-2/h5-6H,1-4H2;1-2H3;2*1H2/t5-,6-;;;/m1.../s1. The molecule has 2 fully saturated rings. The van der Waals surface area contributed by atoms with Crippen molar-refractivity contribution < 1.29 is 19.1 Å². The van der Waals surface area contributed by atoms with Crippen molar-refractivity contribution in [2.24, 2.45) is 0 Å². The molecule has 2 aliphatic heterocycles. The Morgan fingerprint density at radius 3 is 1.43 bits per heavy atom. The number of ether oxygens (including phenoxy) is 2. The maximum atomic E-state index is 8.00. The predicted molar refractivity (Wildman–Crippen MR) is 54.3 cm³/mol. The maximum absolute atomic E-state index is 8.00. The number of carbonyl (C=O) groups excluding carboxylic acids is 2. The molecule has 0 N–H and O–H groups in total. The van der Waals surface area contributed by atoms with Crippen molar-refractivity contribution in [2.45, 2.75) is 38.9 Å². The molecule has 2 rings (SSSR count). The summed E-state index contributed by atoms with van der Waals surface area (Å²) in [5, 5.41) is 0. The van der Waals surface area contributed by atoms with Gasteiger partial charge in [-0.2, -0.15) is 0 Å². The van der Waals surface area contributed by atoms with Crippen molar-refractivity contribution >= 4 is 13.6 Å².